The molecular formula is C56H65Cl6NO21. The Hall–Kier alpha value is -5.33. The largest absolute Gasteiger partial charge is 0.509 e. The second kappa shape index (κ2) is 25.2. The van der Waals surface area contributed by atoms with Crippen LogP contribution in [0.4, 0.5) is 19.2 Å². The predicted octanol–water partition coefficient (Wildman–Crippen LogP) is 10.5. The maximum Gasteiger partial charge on any atom is 0.509 e. The van der Waals surface area contributed by atoms with Crippen LogP contribution in [-0.2, 0) is 71.3 Å². The van der Waals surface area contributed by atoms with Crippen molar-refractivity contribution in [3.63, 3.8) is 0 Å². The van der Waals surface area contributed by atoms with Crippen molar-refractivity contribution in [2.24, 2.45) is 16.7 Å². The molecular weight excluding hydrogens is 1240 g/mol. The monoisotopic (exact) mass is 1300 g/mol. The molecule has 3 aliphatic carbocycles. The molecule has 2 saturated carbocycles. The van der Waals surface area contributed by atoms with Gasteiger partial charge in [0, 0.05) is 32.1 Å². The van der Waals surface area contributed by atoms with Gasteiger partial charge in [-0.05, 0) is 84.2 Å². The lowest BCUT2D eigenvalue weighted by atomic mass is 9.44. The van der Waals surface area contributed by atoms with Gasteiger partial charge in [-0.15, -0.1) is 0 Å². The Labute approximate surface area is 514 Å². The first-order valence-electron chi connectivity index (χ1n) is 26.1. The van der Waals surface area contributed by atoms with Gasteiger partial charge in [0.15, 0.2) is 17.5 Å². The molecule has 1 saturated heterocycles. The van der Waals surface area contributed by atoms with Gasteiger partial charge in [0.25, 0.3) is 0 Å². The number of aliphatic hydroxyl groups is 1. The number of rotatable bonds is 13. The number of fused-ring (bicyclic) bond motifs is 5. The Bertz CT molecular complexity index is 2870. The van der Waals surface area contributed by atoms with E-state index in [-0.39, 0.29) is 22.3 Å². The van der Waals surface area contributed by atoms with Gasteiger partial charge in [0.1, 0.15) is 60.5 Å². The molecule has 0 spiro atoms. The number of imide groups is 1. The minimum atomic E-state index is -2.78. The van der Waals surface area contributed by atoms with Crippen LogP contribution in [0.1, 0.15) is 118 Å². The van der Waals surface area contributed by atoms with E-state index in [9.17, 15) is 38.7 Å². The minimum absolute atomic E-state index is 0.000971. The molecule has 2 aromatic rings. The Morgan fingerprint density at radius 2 is 1.24 bits per heavy atom. The first kappa shape index (κ1) is 67.8. The average Bonchev–Trinajstić information content (AvgIpc) is 0.676. The maximum absolute atomic E-state index is 16.5. The van der Waals surface area contributed by atoms with Crippen LogP contribution in [0.5, 0.6) is 0 Å². The lowest BCUT2D eigenvalue weighted by Crippen LogP contribution is -2.82. The van der Waals surface area contributed by atoms with Gasteiger partial charge in [-0.25, -0.2) is 33.7 Å². The molecule has 2 aromatic carbocycles. The summed E-state index contributed by atoms with van der Waals surface area (Å²) in [6.07, 6.45) is -19.2. The highest BCUT2D eigenvalue weighted by Gasteiger charge is 2.79. The fourth-order valence-electron chi connectivity index (χ4n) is 11.2. The molecule has 1 N–H and O–H groups in total. The van der Waals surface area contributed by atoms with Crippen LogP contribution in [0, 0.1) is 16.7 Å². The summed E-state index contributed by atoms with van der Waals surface area (Å²) in [4.78, 5) is 131. The fourth-order valence-corrected chi connectivity index (χ4v) is 11.6. The van der Waals surface area contributed by atoms with Gasteiger partial charge in [-0.2, -0.15) is 0 Å². The summed E-state index contributed by atoms with van der Waals surface area (Å²) in [5.41, 5.74) is -12.6. The van der Waals surface area contributed by atoms with Crippen molar-refractivity contribution >= 4 is 124 Å². The van der Waals surface area contributed by atoms with E-state index < -0.39 is 176 Å². The summed E-state index contributed by atoms with van der Waals surface area (Å²) in [6, 6.07) is 12.8. The third-order valence-corrected chi connectivity index (χ3v) is 15.4. The Morgan fingerprint density at radius 3 is 1.70 bits per heavy atom. The second-order valence-electron chi connectivity index (χ2n) is 23.3. The number of Topliss-reactive ketones (excluding diaryl/α,β-unsaturated/α-hetero) is 1. The summed E-state index contributed by atoms with van der Waals surface area (Å²) in [5, 5.41) is 14.3. The number of halogens is 6. The second-order valence-corrected chi connectivity index (χ2v) is 28.3. The smallest absolute Gasteiger partial charge is 0.455 e. The summed E-state index contributed by atoms with van der Waals surface area (Å²) >= 11 is 35.6. The van der Waals surface area contributed by atoms with Gasteiger partial charge < -0.3 is 57.2 Å². The number of esters is 4. The van der Waals surface area contributed by atoms with Gasteiger partial charge in [0.2, 0.25) is 13.7 Å². The molecule has 84 heavy (non-hydrogen) atoms. The lowest BCUT2D eigenvalue weighted by Gasteiger charge is -2.67. The van der Waals surface area contributed by atoms with E-state index >= 15 is 9.59 Å². The molecule has 4 aliphatic rings. The Kier molecular flexibility index (Phi) is 20.3. The molecule has 0 aromatic heterocycles. The molecule has 22 nitrogen and oxygen atoms in total. The van der Waals surface area contributed by atoms with E-state index in [0.717, 1.165) is 13.8 Å². The molecule has 2 bridgehead atoms. The van der Waals surface area contributed by atoms with E-state index in [2.05, 4.69) is 0 Å². The third-order valence-electron chi connectivity index (χ3n) is 14.7. The zero-order chi connectivity index (χ0) is 63.1. The van der Waals surface area contributed by atoms with E-state index in [4.69, 9.17) is 122 Å². The standard InChI is InChI=1S/C56H65Cl6NO21/c1-28-33(78-44(68)39(77-29(2)64)37(31-19-15-13-16-20-31)63(45(69)83-49(4,5)6)46(70)84-50(7,8)9)24-54(73)42(81-43(67)32-21-17-14-18-22-32)40-52(12,41(66)38(36(28)51(54,10)11)80-48(72)76-27-56(60,61)62)34(79-47(71)75-26-55(57,58)59)23-35-53(40,25-74-35)82-30(3)65/h13-22,33-35,37-40,42,73H,23-27H2,1-12H3/t33-,34-,35+,37-,38+,39+,40?,42-,52+,53-,54+/m0/s1. The summed E-state index contributed by atoms with van der Waals surface area (Å²) in [6.45, 7) is 13.9. The molecule has 11 atom stereocenters. The number of hydrogen-bond donors (Lipinski definition) is 1. The fraction of sp³-hybridized carbons (Fsp3) is 0.589. The van der Waals surface area contributed by atoms with Crippen LogP contribution >= 0.6 is 69.6 Å². The number of nitrogens with zero attached hydrogens (tertiary/aromatic N) is 1. The zero-order valence-corrected chi connectivity index (χ0v) is 52.3. The van der Waals surface area contributed by atoms with E-state index in [1.54, 1.807) is 12.1 Å². The van der Waals surface area contributed by atoms with Crippen molar-refractivity contribution in [2.45, 2.75) is 169 Å². The molecule has 6 rings (SSSR count). The predicted molar refractivity (Wildman–Crippen MR) is 299 cm³/mol. The summed E-state index contributed by atoms with van der Waals surface area (Å²) < 4.78 is 60.1. The first-order chi connectivity index (χ1) is 38.6. The minimum Gasteiger partial charge on any atom is -0.455 e. The highest BCUT2D eigenvalue weighted by molar-refractivity contribution is 6.68. The van der Waals surface area contributed by atoms with Gasteiger partial charge in [-0.1, -0.05) is 132 Å². The Balaban J connectivity index is 1.68. The molecule has 1 unspecified atom stereocenters. The van der Waals surface area contributed by atoms with E-state index in [1.807, 2.05) is 0 Å². The number of carbonyl (C=O) groups is 9. The number of benzene rings is 2. The molecule has 1 heterocycles. The number of amides is 2. The van der Waals surface area contributed by atoms with E-state index in [0.29, 0.717) is 4.90 Å². The van der Waals surface area contributed by atoms with Crippen LogP contribution in [0.15, 0.2) is 71.8 Å². The lowest BCUT2D eigenvalue weighted by molar-refractivity contribution is -0.346. The van der Waals surface area contributed by atoms with Crippen LogP contribution in [0.3, 0.4) is 0 Å². The zero-order valence-electron chi connectivity index (χ0n) is 47.8. The quantitative estimate of drug-likeness (QED) is 0.0844. The van der Waals surface area contributed by atoms with E-state index in [1.165, 1.54) is 118 Å². The Morgan fingerprint density at radius 1 is 0.726 bits per heavy atom. The number of alkyl halides is 6. The van der Waals surface area contributed by atoms with Crippen LogP contribution < -0.4 is 0 Å². The highest BCUT2D eigenvalue weighted by Crippen LogP contribution is 2.65. The summed E-state index contributed by atoms with van der Waals surface area (Å²) in [5.74, 6) is -7.88. The highest BCUT2D eigenvalue weighted by atomic mass is 35.6. The number of ether oxygens (including phenoxy) is 11. The SMILES string of the molecule is CC(=O)O[C@@H](C(=O)O[C@H]1C[C@@]2(O)[C@@H](OC(=O)c3ccccc3)C3[C@](C)(C(=O)[C@H](OC(=O)OCC(Cl)(Cl)Cl)C(=C1C)C2(C)C)[C@@H](OC(=O)OCC(Cl)(Cl)Cl)C[C@H]1OC[C@@]31OC(C)=O)[C@H](c1ccccc1)N(C(=O)OC(C)(C)C)C(=O)OC(C)(C)C. The van der Waals surface area contributed by atoms with Gasteiger partial charge in [-0.3, -0.25) is 14.4 Å². The van der Waals surface area contributed by atoms with Crippen LogP contribution in [0.2, 0.25) is 0 Å². The average molecular weight is 1300 g/mol. The molecule has 3 fully saturated rings. The maximum atomic E-state index is 16.5. The number of ketones is 1. The van der Waals surface area contributed by atoms with Crippen molar-refractivity contribution in [1.29, 1.82) is 0 Å². The molecule has 1 aliphatic heterocycles. The third kappa shape index (κ3) is 14.9. The van der Waals surface area contributed by atoms with Crippen LogP contribution in [0.25, 0.3) is 0 Å². The normalized spacial score (nSPS) is 27.2. The van der Waals surface area contributed by atoms with Crippen molar-refractivity contribution in [3.8, 4) is 0 Å². The molecule has 0 radical (unpaired) electrons. The first-order valence-corrected chi connectivity index (χ1v) is 28.4. The molecule has 462 valence electrons. The van der Waals surface area contributed by atoms with Gasteiger partial charge >= 0.3 is 48.4 Å². The van der Waals surface area contributed by atoms with Crippen LogP contribution in [-0.4, -0.2) is 151 Å². The van der Waals surface area contributed by atoms with Gasteiger partial charge in [0.05, 0.1) is 23.5 Å². The molecule has 28 heteroatoms. The number of carbonyl (C=O) groups excluding carboxylic acids is 9. The van der Waals surface area contributed by atoms with Crippen molar-refractivity contribution in [3.05, 3.63) is 82.9 Å². The van der Waals surface area contributed by atoms with Crippen molar-refractivity contribution in [2.75, 3.05) is 19.8 Å². The number of hydrogen-bond acceptors (Lipinski definition) is 21. The summed E-state index contributed by atoms with van der Waals surface area (Å²) in [7, 11) is 0. The van der Waals surface area contributed by atoms with Crippen molar-refractivity contribution in [1.82, 2.24) is 4.90 Å². The topological polar surface area (TPSA) is 279 Å². The van der Waals surface area contributed by atoms with Crippen molar-refractivity contribution < 1.29 is 100 Å². The molecule has 2 amide bonds.